The van der Waals surface area contributed by atoms with Gasteiger partial charge in [-0.3, -0.25) is 0 Å². The predicted molar refractivity (Wildman–Crippen MR) is 109 cm³/mol. The maximum atomic E-state index is 12.5. The monoisotopic (exact) mass is 378 g/mol. The predicted octanol–water partition coefficient (Wildman–Crippen LogP) is 7.21. The van der Waals surface area contributed by atoms with Crippen molar-refractivity contribution in [3.8, 4) is 0 Å². The number of thiophene rings is 2. The smallest absolute Gasteiger partial charge is 0.348 e. The molecule has 0 saturated heterocycles. The summed E-state index contributed by atoms with van der Waals surface area (Å²) in [7, 11) is 0. The zero-order chi connectivity index (χ0) is 17.6. The van der Waals surface area contributed by atoms with Crippen LogP contribution in [0.3, 0.4) is 0 Å². The largest absolute Gasteiger partial charge is 0.458 e. The summed E-state index contributed by atoms with van der Waals surface area (Å²) in [5.74, 6) is 0.734. The second-order valence-corrected chi connectivity index (χ2v) is 9.60. The summed E-state index contributed by atoms with van der Waals surface area (Å²) in [6.45, 7) is 4.49. The van der Waals surface area contributed by atoms with Crippen molar-refractivity contribution in [3.63, 3.8) is 0 Å². The molecule has 0 aliphatic heterocycles. The van der Waals surface area contributed by atoms with Crippen LogP contribution >= 0.6 is 22.7 Å². The fourth-order valence-electron chi connectivity index (χ4n) is 3.81. The fourth-order valence-corrected chi connectivity index (χ4v) is 6.16. The van der Waals surface area contributed by atoms with Gasteiger partial charge < -0.3 is 4.74 Å². The molecule has 1 aliphatic rings. The van der Waals surface area contributed by atoms with Gasteiger partial charge >= 0.3 is 5.97 Å². The molecule has 1 aliphatic carbocycles. The molecule has 3 rings (SSSR count). The zero-order valence-electron chi connectivity index (χ0n) is 15.5. The molecule has 1 fully saturated rings. The summed E-state index contributed by atoms with van der Waals surface area (Å²) in [4.78, 5) is 14.7. The van der Waals surface area contributed by atoms with Gasteiger partial charge in [-0.2, -0.15) is 0 Å². The highest BCUT2D eigenvalue weighted by atomic mass is 32.1. The number of carbonyl (C=O) groups excluding carboxylic acids is 1. The Balaban J connectivity index is 1.53. The molecule has 2 aromatic rings. The van der Waals surface area contributed by atoms with Gasteiger partial charge in [0.2, 0.25) is 0 Å². The summed E-state index contributed by atoms with van der Waals surface area (Å²) in [5.41, 5.74) is 0. The van der Waals surface area contributed by atoms with Gasteiger partial charge in [0.1, 0.15) is 11.0 Å². The van der Waals surface area contributed by atoms with E-state index in [1.165, 1.54) is 65.6 Å². The van der Waals surface area contributed by atoms with Crippen molar-refractivity contribution in [2.24, 2.45) is 5.92 Å². The van der Waals surface area contributed by atoms with Gasteiger partial charge in [-0.25, -0.2) is 4.79 Å². The number of unbranched alkanes of at least 4 members (excludes halogenated alkanes) is 2. The molecule has 2 nitrogen and oxygen atoms in total. The molecule has 0 bridgehead atoms. The molecule has 0 aromatic carbocycles. The van der Waals surface area contributed by atoms with Gasteiger partial charge in [0, 0.05) is 14.3 Å². The number of ether oxygens (including phenoxy) is 1. The first-order chi connectivity index (χ1) is 12.2. The number of carbonyl (C=O) groups is 1. The first-order valence-corrected chi connectivity index (χ1v) is 11.6. The molecular formula is C21H30O2S2. The van der Waals surface area contributed by atoms with Crippen LogP contribution in [0.2, 0.25) is 0 Å². The van der Waals surface area contributed by atoms with Gasteiger partial charge in [-0.05, 0) is 56.6 Å². The normalized spacial score (nSPS) is 20.9. The number of aryl methyl sites for hydroxylation is 1. The summed E-state index contributed by atoms with van der Waals surface area (Å²) in [6.07, 6.45) is 12.2. The Hall–Kier alpha value is -0.870. The van der Waals surface area contributed by atoms with Crippen LogP contribution in [-0.2, 0) is 11.2 Å². The Morgan fingerprint density at radius 1 is 1.04 bits per heavy atom. The Bertz CT molecular complexity index is 646. The van der Waals surface area contributed by atoms with E-state index in [1.807, 2.05) is 17.4 Å². The lowest BCUT2D eigenvalue weighted by Gasteiger charge is -2.27. The third-order valence-corrected chi connectivity index (χ3v) is 7.58. The molecule has 0 amide bonds. The molecule has 25 heavy (non-hydrogen) atoms. The van der Waals surface area contributed by atoms with E-state index in [0.717, 1.165) is 23.6 Å². The number of esters is 1. The Morgan fingerprint density at radius 2 is 1.80 bits per heavy atom. The lowest BCUT2D eigenvalue weighted by Crippen LogP contribution is -2.24. The standard InChI is InChI=1S/C21H30O2S2/c1-3-5-6-8-17-13-18-19(24-17)14-20(25-18)21(22)23-16-11-9-15(7-4-2)10-12-16/h13-16H,3-12H2,1-2H3/t15-,16-. The molecule has 2 aromatic heterocycles. The van der Waals surface area contributed by atoms with Crippen molar-refractivity contribution >= 4 is 38.0 Å². The maximum Gasteiger partial charge on any atom is 0.348 e. The Labute approximate surface area is 159 Å². The van der Waals surface area contributed by atoms with Crippen LogP contribution in [0.4, 0.5) is 0 Å². The molecule has 1 saturated carbocycles. The van der Waals surface area contributed by atoms with Crippen molar-refractivity contribution in [1.29, 1.82) is 0 Å². The molecule has 2 heterocycles. The molecule has 0 N–H and O–H groups in total. The summed E-state index contributed by atoms with van der Waals surface area (Å²) >= 11 is 3.44. The first kappa shape index (κ1) is 18.9. The third kappa shape index (κ3) is 5.07. The molecule has 0 atom stereocenters. The van der Waals surface area contributed by atoms with E-state index in [1.54, 1.807) is 11.3 Å². The van der Waals surface area contributed by atoms with Crippen molar-refractivity contribution in [1.82, 2.24) is 0 Å². The summed E-state index contributed by atoms with van der Waals surface area (Å²) < 4.78 is 8.28. The van der Waals surface area contributed by atoms with E-state index in [9.17, 15) is 4.79 Å². The van der Waals surface area contributed by atoms with Gasteiger partial charge in [-0.1, -0.05) is 39.5 Å². The average Bonchev–Trinajstić information content (AvgIpc) is 3.16. The van der Waals surface area contributed by atoms with E-state index < -0.39 is 0 Å². The van der Waals surface area contributed by atoms with Crippen LogP contribution in [-0.4, -0.2) is 12.1 Å². The fraction of sp³-hybridized carbons (Fsp3) is 0.667. The van der Waals surface area contributed by atoms with Gasteiger partial charge in [0.25, 0.3) is 0 Å². The van der Waals surface area contributed by atoms with E-state index >= 15 is 0 Å². The lowest BCUT2D eigenvalue weighted by atomic mass is 9.85. The van der Waals surface area contributed by atoms with Crippen LogP contribution in [0, 0.1) is 5.92 Å². The topological polar surface area (TPSA) is 26.3 Å². The highest BCUT2D eigenvalue weighted by Gasteiger charge is 2.24. The van der Waals surface area contributed by atoms with Crippen LogP contribution in [0.15, 0.2) is 12.1 Å². The average molecular weight is 379 g/mol. The molecule has 0 radical (unpaired) electrons. The van der Waals surface area contributed by atoms with E-state index in [-0.39, 0.29) is 12.1 Å². The molecule has 0 unspecified atom stereocenters. The van der Waals surface area contributed by atoms with Crippen LogP contribution < -0.4 is 0 Å². The van der Waals surface area contributed by atoms with Crippen LogP contribution in [0.5, 0.6) is 0 Å². The van der Waals surface area contributed by atoms with E-state index in [0.29, 0.717) is 0 Å². The molecule has 0 spiro atoms. The lowest BCUT2D eigenvalue weighted by molar-refractivity contribution is 0.0167. The van der Waals surface area contributed by atoms with Crippen LogP contribution in [0.1, 0.15) is 86.2 Å². The highest BCUT2D eigenvalue weighted by molar-refractivity contribution is 7.28. The van der Waals surface area contributed by atoms with E-state index in [2.05, 4.69) is 19.9 Å². The SMILES string of the molecule is CCCCCc1cc2sc(C(=O)O[C@H]3CC[C@H](CCC)CC3)cc2s1. The third-order valence-electron chi connectivity index (χ3n) is 5.25. The molecule has 4 heteroatoms. The van der Waals surface area contributed by atoms with Crippen molar-refractivity contribution in [2.45, 2.75) is 84.2 Å². The first-order valence-electron chi connectivity index (χ1n) is 9.92. The Kier molecular flexibility index (Phi) is 6.94. The minimum atomic E-state index is -0.111. The van der Waals surface area contributed by atoms with Gasteiger partial charge in [-0.15, -0.1) is 22.7 Å². The quantitative estimate of drug-likeness (QED) is 0.358. The molecular weight excluding hydrogens is 348 g/mol. The number of hydrogen-bond donors (Lipinski definition) is 0. The number of rotatable bonds is 8. The summed E-state index contributed by atoms with van der Waals surface area (Å²) in [6, 6.07) is 4.31. The minimum absolute atomic E-state index is 0.111. The minimum Gasteiger partial charge on any atom is -0.458 e. The maximum absolute atomic E-state index is 12.5. The second-order valence-electron chi connectivity index (χ2n) is 7.35. The zero-order valence-corrected chi connectivity index (χ0v) is 17.1. The Morgan fingerprint density at radius 3 is 2.48 bits per heavy atom. The van der Waals surface area contributed by atoms with Crippen molar-refractivity contribution in [2.75, 3.05) is 0 Å². The van der Waals surface area contributed by atoms with Gasteiger partial charge in [0.15, 0.2) is 0 Å². The second kappa shape index (κ2) is 9.18. The number of fused-ring (bicyclic) bond motifs is 1. The summed E-state index contributed by atoms with van der Waals surface area (Å²) in [5, 5.41) is 0. The van der Waals surface area contributed by atoms with Crippen molar-refractivity contribution < 1.29 is 9.53 Å². The highest BCUT2D eigenvalue weighted by Crippen LogP contribution is 2.35. The van der Waals surface area contributed by atoms with Crippen LogP contribution in [0.25, 0.3) is 9.40 Å². The molecule has 138 valence electrons. The van der Waals surface area contributed by atoms with Crippen molar-refractivity contribution in [3.05, 3.63) is 21.9 Å². The van der Waals surface area contributed by atoms with Gasteiger partial charge in [0.05, 0.1) is 0 Å². The van der Waals surface area contributed by atoms with E-state index in [4.69, 9.17) is 4.74 Å². The number of hydrogen-bond acceptors (Lipinski definition) is 4.